The van der Waals surface area contributed by atoms with Crippen molar-refractivity contribution in [2.75, 3.05) is 4.90 Å². The lowest BCUT2D eigenvalue weighted by molar-refractivity contribution is -0.255. The van der Waals surface area contributed by atoms with Crippen molar-refractivity contribution in [3.05, 3.63) is 81.7 Å². The molecule has 1 amide bonds. The van der Waals surface area contributed by atoms with Crippen LogP contribution in [-0.2, 0) is 4.79 Å². The van der Waals surface area contributed by atoms with Crippen LogP contribution in [0.4, 0.5) is 10.1 Å². The van der Waals surface area contributed by atoms with Crippen LogP contribution in [0.3, 0.4) is 0 Å². The highest BCUT2D eigenvalue weighted by molar-refractivity contribution is 8.27. The van der Waals surface area contributed by atoms with E-state index < -0.39 is 11.8 Å². The zero-order chi connectivity index (χ0) is 21.4. The van der Waals surface area contributed by atoms with E-state index in [4.69, 9.17) is 28.2 Å². The standard InChI is InChI=1S/C21H11ClFNO4S2/c22-16-6-4-11(8-15(16)20(26)27)17-7-5-14(28-17)10-18-19(25)24(21(29)30-18)13-3-1-2-12(23)9-13/h1-10H,(H,26,27)/p-1/b18-10+. The molecule has 1 aliphatic rings. The number of hydrogen-bond acceptors (Lipinski definition) is 6. The lowest BCUT2D eigenvalue weighted by Crippen LogP contribution is -2.27. The smallest absolute Gasteiger partial charge is 0.270 e. The molecule has 1 aromatic heterocycles. The number of furan rings is 1. The lowest BCUT2D eigenvalue weighted by Gasteiger charge is -2.14. The van der Waals surface area contributed by atoms with E-state index in [9.17, 15) is 19.1 Å². The molecule has 2 aromatic carbocycles. The Bertz CT molecular complexity index is 1240. The monoisotopic (exact) mass is 458 g/mol. The maximum atomic E-state index is 13.5. The van der Waals surface area contributed by atoms with Gasteiger partial charge in [0, 0.05) is 22.2 Å². The van der Waals surface area contributed by atoms with Gasteiger partial charge in [-0.15, -0.1) is 0 Å². The number of halogens is 2. The normalized spacial score (nSPS) is 15.3. The molecule has 0 aliphatic carbocycles. The van der Waals surface area contributed by atoms with E-state index in [2.05, 4.69) is 0 Å². The predicted molar refractivity (Wildman–Crippen MR) is 116 cm³/mol. The molecular weight excluding hydrogens is 449 g/mol. The van der Waals surface area contributed by atoms with Crippen molar-refractivity contribution in [3.63, 3.8) is 0 Å². The lowest BCUT2D eigenvalue weighted by atomic mass is 10.1. The van der Waals surface area contributed by atoms with Crippen molar-refractivity contribution in [2.45, 2.75) is 0 Å². The number of rotatable bonds is 4. The van der Waals surface area contributed by atoms with Gasteiger partial charge in [0.15, 0.2) is 4.32 Å². The van der Waals surface area contributed by atoms with Gasteiger partial charge in [-0.2, -0.15) is 0 Å². The van der Waals surface area contributed by atoms with Gasteiger partial charge in [0.05, 0.1) is 16.6 Å². The molecule has 0 unspecified atom stereocenters. The van der Waals surface area contributed by atoms with E-state index in [1.165, 1.54) is 41.3 Å². The summed E-state index contributed by atoms with van der Waals surface area (Å²) >= 11 is 12.2. The minimum atomic E-state index is -1.39. The molecule has 150 valence electrons. The summed E-state index contributed by atoms with van der Waals surface area (Å²) in [5, 5.41) is 11.2. The Kier molecular flexibility index (Phi) is 5.46. The van der Waals surface area contributed by atoms with E-state index in [1.807, 2.05) is 0 Å². The van der Waals surface area contributed by atoms with Crippen LogP contribution >= 0.6 is 35.6 Å². The first kappa shape index (κ1) is 20.3. The highest BCUT2D eigenvalue weighted by Crippen LogP contribution is 2.37. The summed E-state index contributed by atoms with van der Waals surface area (Å²) in [7, 11) is 0. The van der Waals surface area contributed by atoms with Crippen molar-refractivity contribution in [1.29, 1.82) is 0 Å². The van der Waals surface area contributed by atoms with Gasteiger partial charge in [-0.05, 0) is 48.5 Å². The largest absolute Gasteiger partial charge is 0.545 e. The molecule has 0 radical (unpaired) electrons. The second-order valence-corrected chi connectivity index (χ2v) is 8.26. The molecule has 0 spiro atoms. The second-order valence-electron chi connectivity index (χ2n) is 6.18. The van der Waals surface area contributed by atoms with Gasteiger partial charge < -0.3 is 14.3 Å². The SMILES string of the molecule is O=C([O-])c1cc(-c2ccc(/C=C3/SC(=S)N(c4cccc(F)c4)C3=O)o2)ccc1Cl. The van der Waals surface area contributed by atoms with Crippen molar-refractivity contribution in [1.82, 2.24) is 0 Å². The molecular formula is C21H10ClFNO4S2-. The van der Waals surface area contributed by atoms with Crippen LogP contribution in [0.15, 0.2) is 63.9 Å². The predicted octanol–water partition coefficient (Wildman–Crippen LogP) is 4.51. The van der Waals surface area contributed by atoms with E-state index in [0.717, 1.165) is 11.8 Å². The van der Waals surface area contributed by atoms with E-state index in [1.54, 1.807) is 24.3 Å². The molecule has 4 rings (SSSR count). The fourth-order valence-corrected chi connectivity index (χ4v) is 4.33. The summed E-state index contributed by atoms with van der Waals surface area (Å²) in [5.41, 5.74) is 0.686. The van der Waals surface area contributed by atoms with Crippen molar-refractivity contribution < 1.29 is 23.5 Å². The van der Waals surface area contributed by atoms with Gasteiger partial charge in [-0.3, -0.25) is 9.69 Å². The van der Waals surface area contributed by atoms with E-state index in [-0.39, 0.29) is 20.8 Å². The minimum absolute atomic E-state index is 0.0616. The van der Waals surface area contributed by atoms with Gasteiger partial charge in [-0.1, -0.05) is 41.6 Å². The third-order valence-electron chi connectivity index (χ3n) is 4.23. The van der Waals surface area contributed by atoms with Crippen LogP contribution in [0.5, 0.6) is 0 Å². The average molecular weight is 459 g/mol. The van der Waals surface area contributed by atoms with Crippen molar-refractivity contribution in [3.8, 4) is 11.3 Å². The first-order valence-electron chi connectivity index (χ1n) is 8.48. The second kappa shape index (κ2) is 8.06. The zero-order valence-corrected chi connectivity index (χ0v) is 17.3. The highest BCUT2D eigenvalue weighted by atomic mass is 35.5. The van der Waals surface area contributed by atoms with Gasteiger partial charge >= 0.3 is 0 Å². The van der Waals surface area contributed by atoms with Gasteiger partial charge in [0.25, 0.3) is 5.91 Å². The number of thiocarbonyl (C=S) groups is 1. The van der Waals surface area contributed by atoms with Crippen LogP contribution in [0.25, 0.3) is 17.4 Å². The zero-order valence-electron chi connectivity index (χ0n) is 14.9. The number of aromatic carboxylic acids is 1. The Hall–Kier alpha value is -2.94. The molecule has 2 heterocycles. The van der Waals surface area contributed by atoms with Crippen molar-refractivity contribution in [2.24, 2.45) is 0 Å². The molecule has 0 atom stereocenters. The number of carbonyl (C=O) groups excluding carboxylic acids is 2. The van der Waals surface area contributed by atoms with Crippen LogP contribution in [0.1, 0.15) is 16.1 Å². The summed E-state index contributed by atoms with van der Waals surface area (Å²) in [5.74, 6) is -1.50. The molecule has 0 N–H and O–H groups in total. The summed E-state index contributed by atoms with van der Waals surface area (Å²) in [6, 6.07) is 13.3. The topological polar surface area (TPSA) is 73.6 Å². The molecule has 9 heteroatoms. The Morgan fingerprint density at radius 1 is 1.20 bits per heavy atom. The minimum Gasteiger partial charge on any atom is -0.545 e. The molecule has 0 bridgehead atoms. The fraction of sp³-hybridized carbons (Fsp3) is 0. The maximum Gasteiger partial charge on any atom is 0.270 e. The van der Waals surface area contributed by atoms with Crippen molar-refractivity contribution >= 4 is 63.5 Å². The fourth-order valence-electron chi connectivity index (χ4n) is 2.86. The highest BCUT2D eigenvalue weighted by Gasteiger charge is 2.33. The number of carbonyl (C=O) groups is 2. The van der Waals surface area contributed by atoms with Gasteiger partial charge in [0.2, 0.25) is 0 Å². The van der Waals surface area contributed by atoms with Gasteiger partial charge in [0.1, 0.15) is 17.3 Å². The molecule has 1 saturated heterocycles. The molecule has 0 saturated carbocycles. The Morgan fingerprint density at radius 2 is 2.00 bits per heavy atom. The number of nitrogens with zero attached hydrogens (tertiary/aromatic N) is 1. The molecule has 1 aliphatic heterocycles. The number of thioether (sulfide) groups is 1. The summed E-state index contributed by atoms with van der Waals surface area (Å²) in [6.45, 7) is 0. The number of amides is 1. The number of carboxylic acids is 1. The first-order valence-corrected chi connectivity index (χ1v) is 10.1. The quantitative estimate of drug-likeness (QED) is 0.423. The Morgan fingerprint density at radius 3 is 2.73 bits per heavy atom. The number of benzene rings is 2. The Balaban J connectivity index is 1.62. The summed E-state index contributed by atoms with van der Waals surface area (Å²) in [6.07, 6.45) is 1.53. The number of carboxylic acid groups (broad SMARTS) is 1. The number of hydrogen-bond donors (Lipinski definition) is 0. The molecule has 1 fully saturated rings. The molecule has 3 aromatic rings. The summed E-state index contributed by atoms with van der Waals surface area (Å²) < 4.78 is 19.5. The van der Waals surface area contributed by atoms with Gasteiger partial charge in [-0.25, -0.2) is 4.39 Å². The number of anilines is 1. The van der Waals surface area contributed by atoms with Crippen LogP contribution in [-0.4, -0.2) is 16.2 Å². The van der Waals surface area contributed by atoms with Crippen LogP contribution < -0.4 is 10.0 Å². The third kappa shape index (κ3) is 3.89. The Labute approximate surface area is 184 Å². The van der Waals surface area contributed by atoms with E-state index >= 15 is 0 Å². The summed E-state index contributed by atoms with van der Waals surface area (Å²) in [4.78, 5) is 25.5. The van der Waals surface area contributed by atoms with E-state index in [0.29, 0.717) is 27.7 Å². The molecule has 5 nitrogen and oxygen atoms in total. The maximum absolute atomic E-state index is 13.5. The van der Waals surface area contributed by atoms with Crippen LogP contribution in [0, 0.1) is 5.82 Å². The first-order chi connectivity index (χ1) is 14.3. The van der Waals surface area contributed by atoms with Crippen LogP contribution in [0.2, 0.25) is 5.02 Å². The molecule has 30 heavy (non-hydrogen) atoms. The average Bonchev–Trinajstić information content (AvgIpc) is 3.26. The third-order valence-corrected chi connectivity index (χ3v) is 5.86.